The van der Waals surface area contributed by atoms with Crippen LogP contribution in [-0.4, -0.2) is 23.6 Å². The minimum Gasteiger partial charge on any atom is -0.290 e. The Hall–Kier alpha value is -1.73. The van der Waals surface area contributed by atoms with Crippen molar-refractivity contribution in [3.8, 4) is 0 Å². The van der Waals surface area contributed by atoms with Gasteiger partial charge in [0.25, 0.3) is 10.1 Å². The number of benzene rings is 2. The fourth-order valence-electron chi connectivity index (χ4n) is 3.22. The quantitative estimate of drug-likeness (QED) is 0.492. The van der Waals surface area contributed by atoms with Crippen LogP contribution in [0.1, 0.15) is 64.8 Å². The summed E-state index contributed by atoms with van der Waals surface area (Å²) in [4.78, 5) is 6.30. The standard InChI is InChI=1S/C22H31NO4S/c1-16(2)21(19-10-8-7-9-11-19)23(22(4,5)6)27-17(3)18-12-14-20(15-13-18)28(24,25)26/h7-17,21H,1-6H3,(H,24,25,26). The van der Waals surface area contributed by atoms with E-state index in [1.807, 2.05) is 30.2 Å². The molecule has 0 saturated carbocycles. The molecule has 2 unspecified atom stereocenters. The number of nitrogens with zero attached hydrogens (tertiary/aromatic N) is 1. The fraction of sp³-hybridized carbons (Fsp3) is 0.455. The molecule has 2 aromatic rings. The summed E-state index contributed by atoms with van der Waals surface area (Å²) in [6.07, 6.45) is -0.292. The molecule has 0 spiro atoms. The second-order valence-corrected chi connectivity index (χ2v) is 9.81. The van der Waals surface area contributed by atoms with E-state index < -0.39 is 10.1 Å². The highest BCUT2D eigenvalue weighted by Gasteiger charge is 2.34. The third-order valence-corrected chi connectivity index (χ3v) is 5.47. The zero-order valence-electron chi connectivity index (χ0n) is 17.5. The lowest BCUT2D eigenvalue weighted by molar-refractivity contribution is -0.272. The van der Waals surface area contributed by atoms with Crippen molar-refractivity contribution in [1.29, 1.82) is 0 Å². The first-order chi connectivity index (χ1) is 12.9. The number of rotatable bonds is 7. The lowest BCUT2D eigenvalue weighted by atomic mass is 9.92. The SMILES string of the molecule is CC(ON(C(c1ccccc1)C(C)C)C(C)(C)C)c1ccc(S(=O)(=O)O)cc1. The monoisotopic (exact) mass is 405 g/mol. The summed E-state index contributed by atoms with van der Waals surface area (Å²) in [5.74, 6) is 0.315. The molecule has 0 saturated heterocycles. The predicted octanol–water partition coefficient (Wildman–Crippen LogP) is 5.42. The van der Waals surface area contributed by atoms with Crippen molar-refractivity contribution in [1.82, 2.24) is 5.06 Å². The topological polar surface area (TPSA) is 66.8 Å². The Morgan fingerprint density at radius 1 is 0.893 bits per heavy atom. The summed E-state index contributed by atoms with van der Waals surface area (Å²) < 4.78 is 31.7. The van der Waals surface area contributed by atoms with E-state index in [1.54, 1.807) is 12.1 Å². The van der Waals surface area contributed by atoms with Gasteiger partial charge >= 0.3 is 0 Å². The molecule has 0 aliphatic rings. The maximum absolute atomic E-state index is 11.3. The molecule has 2 aromatic carbocycles. The number of hydroxylamine groups is 2. The van der Waals surface area contributed by atoms with Gasteiger partial charge in [-0.15, -0.1) is 0 Å². The van der Waals surface area contributed by atoms with Crippen molar-refractivity contribution < 1.29 is 17.8 Å². The van der Waals surface area contributed by atoms with E-state index in [-0.39, 0.29) is 22.6 Å². The third kappa shape index (κ3) is 5.64. The molecule has 2 rings (SSSR count). The van der Waals surface area contributed by atoms with Gasteiger partial charge in [-0.1, -0.05) is 56.3 Å². The first-order valence-corrected chi connectivity index (χ1v) is 10.9. The van der Waals surface area contributed by atoms with Crippen molar-refractivity contribution >= 4 is 10.1 Å². The van der Waals surface area contributed by atoms with Gasteiger partial charge in [-0.3, -0.25) is 9.39 Å². The summed E-state index contributed by atoms with van der Waals surface area (Å²) in [5, 5.41) is 2.04. The van der Waals surface area contributed by atoms with Gasteiger partial charge in [-0.25, -0.2) is 0 Å². The average Bonchev–Trinajstić information content (AvgIpc) is 2.60. The minimum absolute atomic E-state index is 0.0562. The van der Waals surface area contributed by atoms with Gasteiger partial charge < -0.3 is 0 Å². The van der Waals surface area contributed by atoms with Crippen LogP contribution in [0.2, 0.25) is 0 Å². The summed E-state index contributed by atoms with van der Waals surface area (Å²) in [6, 6.07) is 16.5. The summed E-state index contributed by atoms with van der Waals surface area (Å²) in [5.41, 5.74) is 1.76. The lowest BCUT2D eigenvalue weighted by Gasteiger charge is -2.44. The van der Waals surface area contributed by atoms with Crippen molar-refractivity contribution in [2.45, 2.75) is 64.1 Å². The smallest absolute Gasteiger partial charge is 0.290 e. The van der Waals surface area contributed by atoms with Gasteiger partial charge in [0, 0.05) is 5.54 Å². The number of hydrogen-bond acceptors (Lipinski definition) is 4. The van der Waals surface area contributed by atoms with Gasteiger partial charge in [0.2, 0.25) is 0 Å². The molecule has 1 N–H and O–H groups in total. The highest BCUT2D eigenvalue weighted by Crippen LogP contribution is 2.37. The second-order valence-electron chi connectivity index (χ2n) is 8.39. The van der Waals surface area contributed by atoms with E-state index in [1.165, 1.54) is 17.7 Å². The van der Waals surface area contributed by atoms with Crippen molar-refractivity contribution in [2.24, 2.45) is 5.92 Å². The van der Waals surface area contributed by atoms with Crippen LogP contribution in [0.3, 0.4) is 0 Å². The number of hydrogen-bond donors (Lipinski definition) is 1. The third-order valence-electron chi connectivity index (χ3n) is 4.61. The molecule has 0 heterocycles. The maximum atomic E-state index is 11.3. The predicted molar refractivity (Wildman–Crippen MR) is 111 cm³/mol. The van der Waals surface area contributed by atoms with E-state index >= 15 is 0 Å². The van der Waals surface area contributed by atoms with Crippen molar-refractivity contribution in [3.63, 3.8) is 0 Å². The molecule has 154 valence electrons. The molecular formula is C22H31NO4S. The van der Waals surface area contributed by atoms with Crippen LogP contribution in [0.15, 0.2) is 59.5 Å². The Labute approximate surface area is 169 Å². The highest BCUT2D eigenvalue weighted by molar-refractivity contribution is 7.85. The van der Waals surface area contributed by atoms with Crippen molar-refractivity contribution in [2.75, 3.05) is 0 Å². The lowest BCUT2D eigenvalue weighted by Crippen LogP contribution is -2.46. The van der Waals surface area contributed by atoms with Crippen LogP contribution in [0.5, 0.6) is 0 Å². The van der Waals surface area contributed by atoms with Crippen LogP contribution in [0, 0.1) is 5.92 Å². The van der Waals surface area contributed by atoms with Crippen LogP contribution in [0.25, 0.3) is 0 Å². The Morgan fingerprint density at radius 3 is 1.86 bits per heavy atom. The van der Waals surface area contributed by atoms with Gasteiger partial charge in [0.05, 0.1) is 10.9 Å². The Balaban J connectivity index is 2.33. The van der Waals surface area contributed by atoms with E-state index in [0.29, 0.717) is 5.92 Å². The van der Waals surface area contributed by atoms with Crippen LogP contribution >= 0.6 is 0 Å². The Kier molecular flexibility index (Phi) is 7.04. The van der Waals surface area contributed by atoms with E-state index in [0.717, 1.165) is 5.56 Å². The summed E-state index contributed by atoms with van der Waals surface area (Å²) >= 11 is 0. The first-order valence-electron chi connectivity index (χ1n) is 9.49. The second kappa shape index (κ2) is 8.74. The zero-order valence-corrected chi connectivity index (χ0v) is 18.3. The molecule has 6 heteroatoms. The van der Waals surface area contributed by atoms with Gasteiger partial charge in [-0.05, 0) is 56.9 Å². The van der Waals surface area contributed by atoms with E-state index in [4.69, 9.17) is 9.39 Å². The molecule has 0 fully saturated rings. The molecule has 28 heavy (non-hydrogen) atoms. The molecule has 0 amide bonds. The molecule has 0 bridgehead atoms. The van der Waals surface area contributed by atoms with E-state index in [2.05, 4.69) is 46.8 Å². The highest BCUT2D eigenvalue weighted by atomic mass is 32.2. The van der Waals surface area contributed by atoms with Gasteiger partial charge in [-0.2, -0.15) is 13.5 Å². The normalized spacial score (nSPS) is 15.0. The molecule has 0 aliphatic carbocycles. The van der Waals surface area contributed by atoms with E-state index in [9.17, 15) is 8.42 Å². The molecule has 0 aromatic heterocycles. The Bertz CT molecular complexity index is 856. The Morgan fingerprint density at radius 2 is 1.43 bits per heavy atom. The maximum Gasteiger partial charge on any atom is 0.294 e. The molecule has 2 atom stereocenters. The largest absolute Gasteiger partial charge is 0.294 e. The zero-order chi connectivity index (χ0) is 21.1. The van der Waals surface area contributed by atoms with Gasteiger partial charge in [0.15, 0.2) is 0 Å². The molecule has 0 radical (unpaired) electrons. The summed E-state index contributed by atoms with van der Waals surface area (Å²) in [7, 11) is -4.20. The molecular weight excluding hydrogens is 374 g/mol. The van der Waals surface area contributed by atoms with Crippen LogP contribution in [-0.2, 0) is 15.0 Å². The van der Waals surface area contributed by atoms with Gasteiger partial charge in [0.1, 0.15) is 6.10 Å². The molecule has 0 aliphatic heterocycles. The first kappa shape index (κ1) is 22.6. The van der Waals surface area contributed by atoms with Crippen molar-refractivity contribution in [3.05, 3.63) is 65.7 Å². The van der Waals surface area contributed by atoms with Crippen LogP contribution < -0.4 is 0 Å². The minimum atomic E-state index is -4.20. The fourth-order valence-corrected chi connectivity index (χ4v) is 3.70. The average molecular weight is 406 g/mol. The molecule has 5 nitrogen and oxygen atoms in total. The summed E-state index contributed by atoms with van der Waals surface area (Å²) in [6.45, 7) is 12.6. The van der Waals surface area contributed by atoms with Crippen LogP contribution in [0.4, 0.5) is 0 Å².